The molecule has 7 heteroatoms. The molecule has 2 heterocycles. The highest BCUT2D eigenvalue weighted by atomic mass is 16.2. The molecule has 0 bridgehead atoms. The van der Waals surface area contributed by atoms with Gasteiger partial charge in [-0.15, -0.1) is 0 Å². The van der Waals surface area contributed by atoms with Crippen LogP contribution in [0.1, 0.15) is 12.0 Å². The van der Waals surface area contributed by atoms with E-state index in [4.69, 9.17) is 0 Å². The van der Waals surface area contributed by atoms with Gasteiger partial charge in [-0.2, -0.15) is 0 Å². The van der Waals surface area contributed by atoms with Crippen molar-refractivity contribution >= 4 is 23.8 Å². The number of nitrogens with zero attached hydrogens (tertiary/aromatic N) is 4. The lowest BCUT2D eigenvalue weighted by atomic mass is 10.2. The summed E-state index contributed by atoms with van der Waals surface area (Å²) in [6.07, 6.45) is 6.97. The number of benzene rings is 1. The first kappa shape index (κ1) is 18.6. The number of piperazine rings is 1. The lowest BCUT2D eigenvalue weighted by molar-refractivity contribution is -0.131. The lowest BCUT2D eigenvalue weighted by Crippen LogP contribution is -2.49. The first-order valence-electron chi connectivity index (χ1n) is 9.03. The molecule has 0 atom stereocenters. The maximum absolute atomic E-state index is 12.3. The van der Waals surface area contributed by atoms with E-state index in [2.05, 4.69) is 20.2 Å². The summed E-state index contributed by atoms with van der Waals surface area (Å²) >= 11 is 0. The molecule has 1 aliphatic heterocycles. The van der Waals surface area contributed by atoms with E-state index >= 15 is 0 Å². The van der Waals surface area contributed by atoms with Crippen molar-refractivity contribution in [3.05, 3.63) is 60.4 Å². The summed E-state index contributed by atoms with van der Waals surface area (Å²) < 4.78 is 0. The van der Waals surface area contributed by atoms with E-state index in [0.29, 0.717) is 45.1 Å². The molecule has 3 rings (SSSR count). The van der Waals surface area contributed by atoms with Crippen LogP contribution in [0.4, 0.5) is 5.95 Å². The Labute approximate surface area is 158 Å². The number of hydrogen-bond donors (Lipinski definition) is 1. The summed E-state index contributed by atoms with van der Waals surface area (Å²) in [7, 11) is 0. The molecule has 1 aromatic heterocycles. The van der Waals surface area contributed by atoms with Gasteiger partial charge < -0.3 is 15.1 Å². The minimum atomic E-state index is -0.197. The Hall–Kier alpha value is -3.22. The number of nitrogens with one attached hydrogen (secondary N) is 1. The van der Waals surface area contributed by atoms with E-state index < -0.39 is 0 Å². The summed E-state index contributed by atoms with van der Waals surface area (Å²) in [6.45, 7) is 3.03. The molecule has 140 valence electrons. The van der Waals surface area contributed by atoms with Gasteiger partial charge in [-0.1, -0.05) is 30.3 Å². The molecule has 2 aromatic rings. The lowest BCUT2D eigenvalue weighted by Gasteiger charge is -2.34. The quantitative estimate of drug-likeness (QED) is 0.782. The van der Waals surface area contributed by atoms with Crippen molar-refractivity contribution in [1.29, 1.82) is 0 Å². The number of amides is 2. The van der Waals surface area contributed by atoms with Crippen molar-refractivity contribution in [3.8, 4) is 0 Å². The zero-order chi connectivity index (χ0) is 18.9. The second kappa shape index (κ2) is 9.47. The van der Waals surface area contributed by atoms with Gasteiger partial charge in [0, 0.05) is 57.6 Å². The maximum atomic E-state index is 12.3. The van der Waals surface area contributed by atoms with Crippen LogP contribution in [0.5, 0.6) is 0 Å². The fourth-order valence-electron chi connectivity index (χ4n) is 2.86. The smallest absolute Gasteiger partial charge is 0.244 e. The first-order valence-corrected chi connectivity index (χ1v) is 9.03. The molecule has 1 aromatic carbocycles. The first-order chi connectivity index (χ1) is 13.2. The highest BCUT2D eigenvalue weighted by Crippen LogP contribution is 2.10. The van der Waals surface area contributed by atoms with Crippen LogP contribution < -0.4 is 10.2 Å². The number of anilines is 1. The van der Waals surface area contributed by atoms with Crippen LogP contribution in [0.25, 0.3) is 6.08 Å². The Morgan fingerprint density at radius 1 is 1.00 bits per heavy atom. The molecule has 1 saturated heterocycles. The third-order valence-corrected chi connectivity index (χ3v) is 4.33. The summed E-state index contributed by atoms with van der Waals surface area (Å²) in [5.41, 5.74) is 0.962. The predicted molar refractivity (Wildman–Crippen MR) is 104 cm³/mol. The zero-order valence-electron chi connectivity index (χ0n) is 15.1. The van der Waals surface area contributed by atoms with Gasteiger partial charge >= 0.3 is 0 Å². The standard InChI is InChI=1S/C20H23N5O2/c26-18(8-7-17-5-2-1-3-6-17)21-12-9-19(27)24-13-15-25(16-14-24)20-22-10-4-11-23-20/h1-8,10-11H,9,12-16H2,(H,21,26)/b8-7+. The second-order valence-corrected chi connectivity index (χ2v) is 6.20. The van der Waals surface area contributed by atoms with E-state index in [1.807, 2.05) is 35.2 Å². The third kappa shape index (κ3) is 5.64. The SMILES string of the molecule is O=C(/C=C/c1ccccc1)NCCC(=O)N1CCN(c2ncccn2)CC1. The molecule has 0 aliphatic carbocycles. The van der Waals surface area contributed by atoms with Crippen LogP contribution in [0.3, 0.4) is 0 Å². The monoisotopic (exact) mass is 365 g/mol. The molecule has 0 radical (unpaired) electrons. The van der Waals surface area contributed by atoms with E-state index in [0.717, 1.165) is 5.56 Å². The number of aromatic nitrogens is 2. The van der Waals surface area contributed by atoms with Crippen LogP contribution in [0.15, 0.2) is 54.9 Å². The van der Waals surface area contributed by atoms with Gasteiger partial charge in [0.15, 0.2) is 0 Å². The summed E-state index contributed by atoms with van der Waals surface area (Å²) in [5, 5.41) is 2.75. The van der Waals surface area contributed by atoms with Crippen LogP contribution in [-0.2, 0) is 9.59 Å². The van der Waals surface area contributed by atoms with E-state index in [1.165, 1.54) is 6.08 Å². The molecule has 1 fully saturated rings. The Bertz CT molecular complexity index is 771. The van der Waals surface area contributed by atoms with Crippen molar-refractivity contribution in [2.45, 2.75) is 6.42 Å². The van der Waals surface area contributed by atoms with Gasteiger partial charge in [0.05, 0.1) is 0 Å². The molecule has 7 nitrogen and oxygen atoms in total. The normalized spacial score (nSPS) is 14.4. The summed E-state index contributed by atoms with van der Waals surface area (Å²) in [4.78, 5) is 36.5. The molecule has 0 spiro atoms. The molecule has 27 heavy (non-hydrogen) atoms. The molecule has 2 amide bonds. The fourth-order valence-corrected chi connectivity index (χ4v) is 2.86. The summed E-state index contributed by atoms with van der Waals surface area (Å²) in [6, 6.07) is 11.4. The Balaban J connectivity index is 1.36. The van der Waals surface area contributed by atoms with Crippen LogP contribution in [0.2, 0.25) is 0 Å². The zero-order valence-corrected chi connectivity index (χ0v) is 15.1. The molecule has 1 aliphatic rings. The fraction of sp³-hybridized carbons (Fsp3) is 0.300. The van der Waals surface area contributed by atoms with Gasteiger partial charge in [0.1, 0.15) is 0 Å². The number of carbonyl (C=O) groups is 2. The van der Waals surface area contributed by atoms with Gasteiger partial charge in [0.25, 0.3) is 0 Å². The molecule has 0 saturated carbocycles. The Morgan fingerprint density at radius 2 is 1.70 bits per heavy atom. The van der Waals surface area contributed by atoms with Gasteiger partial charge in [-0.3, -0.25) is 9.59 Å². The highest BCUT2D eigenvalue weighted by molar-refractivity contribution is 5.92. The van der Waals surface area contributed by atoms with E-state index in [9.17, 15) is 9.59 Å². The highest BCUT2D eigenvalue weighted by Gasteiger charge is 2.22. The van der Waals surface area contributed by atoms with Gasteiger partial charge in [-0.05, 0) is 17.7 Å². The van der Waals surface area contributed by atoms with Crippen LogP contribution in [-0.4, -0.2) is 59.4 Å². The van der Waals surface area contributed by atoms with E-state index in [-0.39, 0.29) is 11.8 Å². The number of carbonyl (C=O) groups excluding carboxylic acids is 2. The van der Waals surface area contributed by atoms with Crippen molar-refractivity contribution in [2.24, 2.45) is 0 Å². The Morgan fingerprint density at radius 3 is 2.41 bits per heavy atom. The topological polar surface area (TPSA) is 78.4 Å². The minimum absolute atomic E-state index is 0.0518. The van der Waals surface area contributed by atoms with E-state index in [1.54, 1.807) is 24.5 Å². The molecular formula is C20H23N5O2. The largest absolute Gasteiger partial charge is 0.352 e. The summed E-state index contributed by atoms with van der Waals surface area (Å²) in [5.74, 6) is 0.552. The maximum Gasteiger partial charge on any atom is 0.244 e. The number of rotatable bonds is 6. The van der Waals surface area contributed by atoms with Crippen molar-refractivity contribution in [2.75, 3.05) is 37.6 Å². The minimum Gasteiger partial charge on any atom is -0.352 e. The van der Waals surface area contributed by atoms with Crippen molar-refractivity contribution in [3.63, 3.8) is 0 Å². The van der Waals surface area contributed by atoms with Crippen LogP contribution >= 0.6 is 0 Å². The average Bonchev–Trinajstić information content (AvgIpc) is 2.74. The second-order valence-electron chi connectivity index (χ2n) is 6.20. The van der Waals surface area contributed by atoms with Gasteiger partial charge in [-0.25, -0.2) is 9.97 Å². The Kier molecular flexibility index (Phi) is 6.51. The van der Waals surface area contributed by atoms with Crippen LogP contribution in [0, 0.1) is 0 Å². The molecule has 0 unspecified atom stereocenters. The predicted octanol–water partition coefficient (Wildman–Crippen LogP) is 1.34. The van der Waals surface area contributed by atoms with Crippen molar-refractivity contribution in [1.82, 2.24) is 20.2 Å². The van der Waals surface area contributed by atoms with Gasteiger partial charge in [0.2, 0.25) is 17.8 Å². The third-order valence-electron chi connectivity index (χ3n) is 4.33. The molecular weight excluding hydrogens is 342 g/mol. The average molecular weight is 365 g/mol. The van der Waals surface area contributed by atoms with Crippen molar-refractivity contribution < 1.29 is 9.59 Å². The number of hydrogen-bond acceptors (Lipinski definition) is 5. The molecule has 1 N–H and O–H groups in total.